The molecule has 0 aromatic carbocycles. The highest BCUT2D eigenvalue weighted by atomic mass is 15.3. The fourth-order valence-electron chi connectivity index (χ4n) is 1.73. The lowest BCUT2D eigenvalue weighted by atomic mass is 10.2. The number of aryl methyl sites for hydroxylation is 1. The minimum absolute atomic E-state index is 0.219. The van der Waals surface area contributed by atoms with Crippen LogP contribution in [0.5, 0.6) is 0 Å². The van der Waals surface area contributed by atoms with Crippen LogP contribution >= 0.6 is 0 Å². The van der Waals surface area contributed by atoms with E-state index in [1.54, 1.807) is 11.0 Å². The van der Waals surface area contributed by atoms with Gasteiger partial charge in [0.05, 0.1) is 6.54 Å². The molecule has 0 atom stereocenters. The van der Waals surface area contributed by atoms with Crippen molar-refractivity contribution in [3.63, 3.8) is 0 Å². The van der Waals surface area contributed by atoms with Gasteiger partial charge in [0.2, 0.25) is 0 Å². The van der Waals surface area contributed by atoms with Gasteiger partial charge in [-0.15, -0.1) is 0 Å². The quantitative estimate of drug-likeness (QED) is 0.551. The van der Waals surface area contributed by atoms with Crippen molar-refractivity contribution in [1.29, 1.82) is 0 Å². The Hall–Kier alpha value is -2.22. The van der Waals surface area contributed by atoms with Crippen molar-refractivity contribution in [3.8, 4) is 0 Å². The molecule has 0 radical (unpaired) electrons. The predicted molar refractivity (Wildman–Crippen MR) is 77.0 cm³/mol. The average molecular weight is 276 g/mol. The maximum absolute atomic E-state index is 5.50. The Bertz CT molecular complexity index is 589. The number of rotatable bonds is 5. The Morgan fingerprint density at radius 1 is 1.30 bits per heavy atom. The summed E-state index contributed by atoms with van der Waals surface area (Å²) >= 11 is 0. The summed E-state index contributed by atoms with van der Waals surface area (Å²) in [5.41, 5.74) is 3.48. The molecule has 0 bridgehead atoms. The Kier molecular flexibility index (Phi) is 4.14. The van der Waals surface area contributed by atoms with E-state index in [9.17, 15) is 0 Å². The maximum atomic E-state index is 5.50. The highest BCUT2D eigenvalue weighted by Gasteiger charge is 2.12. The van der Waals surface area contributed by atoms with Gasteiger partial charge in [0.1, 0.15) is 23.8 Å². The van der Waals surface area contributed by atoms with Crippen LogP contribution < -0.4 is 16.6 Å². The zero-order valence-corrected chi connectivity index (χ0v) is 12.2. The third kappa shape index (κ3) is 3.02. The Balaban J connectivity index is 2.23. The van der Waals surface area contributed by atoms with E-state index in [1.807, 2.05) is 27.8 Å². The van der Waals surface area contributed by atoms with Crippen molar-refractivity contribution >= 4 is 11.6 Å². The lowest BCUT2D eigenvalue weighted by Gasteiger charge is -2.14. The molecule has 2 aromatic heterocycles. The molecule has 0 aliphatic carbocycles. The molecule has 2 aromatic rings. The van der Waals surface area contributed by atoms with Gasteiger partial charge in [0.25, 0.3) is 0 Å². The molecule has 20 heavy (non-hydrogen) atoms. The Morgan fingerprint density at radius 3 is 2.55 bits per heavy atom. The summed E-state index contributed by atoms with van der Waals surface area (Å²) in [5.74, 6) is 8.53. The average Bonchev–Trinajstić information content (AvgIpc) is 2.83. The van der Waals surface area contributed by atoms with Gasteiger partial charge < -0.3 is 10.7 Å². The summed E-state index contributed by atoms with van der Waals surface area (Å²) < 4.78 is 1.66. The van der Waals surface area contributed by atoms with Gasteiger partial charge in [-0.3, -0.25) is 4.68 Å². The summed E-state index contributed by atoms with van der Waals surface area (Å²) in [6.45, 7) is 6.48. The molecule has 0 aliphatic rings. The summed E-state index contributed by atoms with van der Waals surface area (Å²) in [7, 11) is 1.83. The van der Waals surface area contributed by atoms with E-state index < -0.39 is 0 Å². The van der Waals surface area contributed by atoms with Crippen LogP contribution in [0.3, 0.4) is 0 Å². The van der Waals surface area contributed by atoms with E-state index in [0.717, 1.165) is 17.2 Å². The maximum Gasteiger partial charge on any atom is 0.169 e. The monoisotopic (exact) mass is 276 g/mol. The Morgan fingerprint density at radius 2 is 2.00 bits per heavy atom. The SMILES string of the molecule is Cc1c(NN)nc(C(C)C)nc1NCc1ncn(C)n1. The molecule has 0 aliphatic heterocycles. The summed E-state index contributed by atoms with van der Waals surface area (Å²) in [6.07, 6.45) is 1.66. The standard InChI is InChI=1S/C12H20N8/c1-7(2)10-16-11(8(3)12(17-10)18-13)14-5-9-15-6-20(4)19-9/h6-7H,5,13H2,1-4H3,(H2,14,16,17,18). The number of nitrogen functional groups attached to an aromatic ring is 1. The molecule has 8 nitrogen and oxygen atoms in total. The summed E-state index contributed by atoms with van der Waals surface area (Å²) in [6, 6.07) is 0. The zero-order chi connectivity index (χ0) is 14.7. The van der Waals surface area contributed by atoms with Crippen molar-refractivity contribution in [3.05, 3.63) is 23.5 Å². The van der Waals surface area contributed by atoms with Crippen LogP contribution in [0.15, 0.2) is 6.33 Å². The van der Waals surface area contributed by atoms with Crippen molar-refractivity contribution in [2.45, 2.75) is 33.2 Å². The van der Waals surface area contributed by atoms with Crippen LogP contribution in [0.4, 0.5) is 11.6 Å². The third-order valence-corrected chi connectivity index (χ3v) is 2.88. The van der Waals surface area contributed by atoms with E-state index >= 15 is 0 Å². The number of nitrogens with one attached hydrogen (secondary N) is 2. The van der Waals surface area contributed by atoms with Crippen molar-refractivity contribution < 1.29 is 0 Å². The van der Waals surface area contributed by atoms with Crippen LogP contribution in [0.1, 0.15) is 37.0 Å². The van der Waals surface area contributed by atoms with E-state index in [-0.39, 0.29) is 5.92 Å². The van der Waals surface area contributed by atoms with Crippen LogP contribution in [0, 0.1) is 6.92 Å². The first-order valence-electron chi connectivity index (χ1n) is 6.44. The molecular formula is C12H20N8. The third-order valence-electron chi connectivity index (χ3n) is 2.88. The molecule has 0 saturated carbocycles. The summed E-state index contributed by atoms with van der Waals surface area (Å²) in [4.78, 5) is 13.1. The van der Waals surface area contributed by atoms with Crippen molar-refractivity contribution in [2.24, 2.45) is 12.9 Å². The van der Waals surface area contributed by atoms with Crippen LogP contribution in [0.25, 0.3) is 0 Å². The molecular weight excluding hydrogens is 256 g/mol. The molecule has 0 saturated heterocycles. The van der Waals surface area contributed by atoms with Gasteiger partial charge in [-0.25, -0.2) is 20.8 Å². The number of nitrogens with two attached hydrogens (primary N) is 1. The first kappa shape index (κ1) is 14.2. The van der Waals surface area contributed by atoms with Gasteiger partial charge in [0.15, 0.2) is 5.82 Å². The molecule has 0 spiro atoms. The minimum Gasteiger partial charge on any atom is -0.362 e. The van der Waals surface area contributed by atoms with Crippen molar-refractivity contribution in [1.82, 2.24) is 24.7 Å². The molecule has 2 heterocycles. The van der Waals surface area contributed by atoms with Gasteiger partial charge in [-0.1, -0.05) is 13.8 Å². The van der Waals surface area contributed by atoms with Gasteiger partial charge in [-0.05, 0) is 6.92 Å². The van der Waals surface area contributed by atoms with E-state index in [0.29, 0.717) is 18.2 Å². The normalized spacial score (nSPS) is 10.9. The highest BCUT2D eigenvalue weighted by Crippen LogP contribution is 2.22. The van der Waals surface area contributed by atoms with Gasteiger partial charge in [0, 0.05) is 18.5 Å². The number of anilines is 2. The lowest BCUT2D eigenvalue weighted by Crippen LogP contribution is -2.15. The van der Waals surface area contributed by atoms with Crippen molar-refractivity contribution in [2.75, 3.05) is 10.7 Å². The van der Waals surface area contributed by atoms with Gasteiger partial charge in [-0.2, -0.15) is 5.10 Å². The highest BCUT2D eigenvalue weighted by molar-refractivity contribution is 5.56. The molecule has 8 heteroatoms. The predicted octanol–water partition coefficient (Wildman–Crippen LogP) is 0.935. The van der Waals surface area contributed by atoms with Crippen LogP contribution in [-0.4, -0.2) is 24.7 Å². The number of hydrazine groups is 1. The molecule has 2 rings (SSSR count). The number of hydrogen-bond acceptors (Lipinski definition) is 7. The first-order valence-corrected chi connectivity index (χ1v) is 6.44. The number of hydrogen-bond donors (Lipinski definition) is 3. The lowest BCUT2D eigenvalue weighted by molar-refractivity contribution is 0.744. The second-order valence-corrected chi connectivity index (χ2v) is 4.89. The first-order chi connectivity index (χ1) is 9.51. The van der Waals surface area contributed by atoms with Crippen LogP contribution in [-0.2, 0) is 13.6 Å². The van der Waals surface area contributed by atoms with E-state index in [2.05, 4.69) is 30.8 Å². The van der Waals surface area contributed by atoms with E-state index in [4.69, 9.17) is 5.84 Å². The Labute approximate surface area is 117 Å². The number of nitrogens with zero attached hydrogens (tertiary/aromatic N) is 5. The molecule has 0 fully saturated rings. The molecule has 108 valence electrons. The summed E-state index contributed by atoms with van der Waals surface area (Å²) in [5, 5.41) is 7.44. The smallest absolute Gasteiger partial charge is 0.169 e. The van der Waals surface area contributed by atoms with E-state index in [1.165, 1.54) is 0 Å². The topological polar surface area (TPSA) is 107 Å². The second-order valence-electron chi connectivity index (χ2n) is 4.89. The fraction of sp³-hybridized carbons (Fsp3) is 0.500. The second kappa shape index (κ2) is 5.83. The zero-order valence-electron chi connectivity index (χ0n) is 12.2. The minimum atomic E-state index is 0.219. The van der Waals surface area contributed by atoms with Crippen LogP contribution in [0.2, 0.25) is 0 Å². The number of aromatic nitrogens is 5. The fourth-order valence-corrected chi connectivity index (χ4v) is 1.73. The largest absolute Gasteiger partial charge is 0.362 e. The van der Waals surface area contributed by atoms with Gasteiger partial charge >= 0.3 is 0 Å². The molecule has 4 N–H and O–H groups in total. The molecule has 0 unspecified atom stereocenters. The molecule has 0 amide bonds.